The Morgan fingerprint density at radius 1 is 0.967 bits per heavy atom. The van der Waals surface area contributed by atoms with Gasteiger partial charge in [0.05, 0.1) is 23.5 Å². The number of halogens is 3. The average Bonchev–Trinajstić information content (AvgIpc) is 3.34. The number of rotatable bonds is 4. The molecule has 1 fully saturated rings. The Kier molecular flexibility index (Phi) is 4.54. The molecule has 5 rings (SSSR count). The van der Waals surface area contributed by atoms with Crippen molar-refractivity contribution < 1.29 is 17.9 Å². The SMILES string of the molecule is FC(F)(F)O[C@H]1CC[C@@H](Nc2ncc3c(-c4ccc5nccn5n4)ccn3n2)CC1. The van der Waals surface area contributed by atoms with Crippen LogP contribution in [0.4, 0.5) is 19.1 Å². The molecule has 4 aromatic heterocycles. The van der Waals surface area contributed by atoms with Gasteiger partial charge in [-0.05, 0) is 43.9 Å². The predicted octanol–water partition coefficient (Wildman–Crippen LogP) is 3.70. The second-order valence-electron chi connectivity index (χ2n) is 7.27. The van der Waals surface area contributed by atoms with Crippen molar-refractivity contribution in [1.82, 2.24) is 29.2 Å². The first-order valence-electron chi connectivity index (χ1n) is 9.61. The van der Waals surface area contributed by atoms with Crippen LogP contribution in [0.2, 0.25) is 0 Å². The zero-order chi connectivity index (χ0) is 20.7. The van der Waals surface area contributed by atoms with Crippen LogP contribution in [0.1, 0.15) is 25.7 Å². The molecule has 0 atom stereocenters. The fourth-order valence-corrected chi connectivity index (χ4v) is 3.84. The van der Waals surface area contributed by atoms with Gasteiger partial charge in [0.15, 0.2) is 5.65 Å². The van der Waals surface area contributed by atoms with Crippen molar-refractivity contribution in [2.24, 2.45) is 0 Å². The lowest BCUT2D eigenvalue weighted by Crippen LogP contribution is -2.33. The van der Waals surface area contributed by atoms with E-state index in [1.165, 1.54) is 0 Å². The number of nitrogens with zero attached hydrogens (tertiary/aromatic N) is 6. The lowest BCUT2D eigenvalue weighted by atomic mass is 9.93. The highest BCUT2D eigenvalue weighted by Gasteiger charge is 2.35. The summed E-state index contributed by atoms with van der Waals surface area (Å²) in [5, 5.41) is 12.3. The van der Waals surface area contributed by atoms with E-state index in [4.69, 9.17) is 0 Å². The molecule has 0 radical (unpaired) electrons. The van der Waals surface area contributed by atoms with Crippen molar-refractivity contribution in [3.63, 3.8) is 0 Å². The van der Waals surface area contributed by atoms with Crippen LogP contribution in [0.25, 0.3) is 22.4 Å². The second kappa shape index (κ2) is 7.24. The van der Waals surface area contributed by atoms with Crippen molar-refractivity contribution in [3.05, 3.63) is 43.0 Å². The van der Waals surface area contributed by atoms with Gasteiger partial charge in [0, 0.05) is 30.2 Å². The fourth-order valence-electron chi connectivity index (χ4n) is 3.84. The average molecular weight is 417 g/mol. The molecule has 156 valence electrons. The number of hydrogen-bond acceptors (Lipinski definition) is 6. The van der Waals surface area contributed by atoms with Gasteiger partial charge in [-0.3, -0.25) is 4.74 Å². The molecule has 8 nitrogen and oxygen atoms in total. The number of aromatic nitrogens is 6. The first-order valence-corrected chi connectivity index (χ1v) is 9.61. The maximum Gasteiger partial charge on any atom is 0.522 e. The van der Waals surface area contributed by atoms with Crippen molar-refractivity contribution in [2.45, 2.75) is 44.2 Å². The normalized spacial score (nSPS) is 20.1. The van der Waals surface area contributed by atoms with Crippen LogP contribution in [0.5, 0.6) is 0 Å². The fraction of sp³-hybridized carbons (Fsp3) is 0.368. The quantitative estimate of drug-likeness (QED) is 0.545. The van der Waals surface area contributed by atoms with Crippen LogP contribution < -0.4 is 5.32 Å². The molecular formula is C19H18F3N7O. The topological polar surface area (TPSA) is 81.6 Å². The molecule has 1 N–H and O–H groups in total. The minimum absolute atomic E-state index is 0.0101. The van der Waals surface area contributed by atoms with Crippen molar-refractivity contribution in [2.75, 3.05) is 5.32 Å². The first-order chi connectivity index (χ1) is 14.4. The lowest BCUT2D eigenvalue weighted by Gasteiger charge is -2.29. The summed E-state index contributed by atoms with van der Waals surface area (Å²) in [6.07, 6.45) is 3.46. The second-order valence-corrected chi connectivity index (χ2v) is 7.27. The summed E-state index contributed by atoms with van der Waals surface area (Å²) in [7, 11) is 0. The van der Waals surface area contributed by atoms with Crippen LogP contribution >= 0.6 is 0 Å². The minimum atomic E-state index is -4.58. The summed E-state index contributed by atoms with van der Waals surface area (Å²) in [5.41, 5.74) is 3.23. The molecule has 0 bridgehead atoms. The van der Waals surface area contributed by atoms with E-state index in [-0.39, 0.29) is 6.04 Å². The van der Waals surface area contributed by atoms with E-state index >= 15 is 0 Å². The summed E-state index contributed by atoms with van der Waals surface area (Å²) in [6, 6.07) is 5.71. The number of anilines is 1. The Bertz CT molecular complexity index is 1180. The Labute approximate surface area is 168 Å². The summed E-state index contributed by atoms with van der Waals surface area (Å²) in [6.45, 7) is 0. The van der Waals surface area contributed by atoms with E-state index in [0.717, 1.165) is 22.4 Å². The maximum absolute atomic E-state index is 12.3. The van der Waals surface area contributed by atoms with Crippen LogP contribution in [0, 0.1) is 0 Å². The number of alkyl halides is 3. The van der Waals surface area contributed by atoms with E-state index in [1.54, 1.807) is 27.6 Å². The Hall–Kier alpha value is -3.21. The van der Waals surface area contributed by atoms with Crippen LogP contribution in [-0.2, 0) is 4.74 Å². The first kappa shape index (κ1) is 18.8. The van der Waals surface area contributed by atoms with E-state index in [2.05, 4.69) is 30.2 Å². The summed E-state index contributed by atoms with van der Waals surface area (Å²) in [5.74, 6) is 0.433. The minimum Gasteiger partial charge on any atom is -0.350 e. The molecule has 0 aliphatic heterocycles. The van der Waals surface area contributed by atoms with Crippen LogP contribution in [0.3, 0.4) is 0 Å². The highest BCUT2D eigenvalue weighted by Crippen LogP contribution is 2.29. The zero-order valence-corrected chi connectivity index (χ0v) is 15.8. The smallest absolute Gasteiger partial charge is 0.350 e. The van der Waals surface area contributed by atoms with Gasteiger partial charge in [0.1, 0.15) is 0 Å². The predicted molar refractivity (Wildman–Crippen MR) is 102 cm³/mol. The number of fused-ring (bicyclic) bond motifs is 2. The molecule has 4 aromatic rings. The van der Waals surface area contributed by atoms with Gasteiger partial charge in [-0.15, -0.1) is 18.3 Å². The number of imidazole rings is 1. The summed E-state index contributed by atoms with van der Waals surface area (Å²) >= 11 is 0. The molecule has 1 saturated carbocycles. The zero-order valence-electron chi connectivity index (χ0n) is 15.8. The molecule has 0 spiro atoms. The third-order valence-corrected chi connectivity index (χ3v) is 5.26. The van der Waals surface area contributed by atoms with Gasteiger partial charge < -0.3 is 5.32 Å². The molecule has 30 heavy (non-hydrogen) atoms. The van der Waals surface area contributed by atoms with Gasteiger partial charge in [-0.25, -0.2) is 19.0 Å². The molecule has 0 unspecified atom stereocenters. The standard InChI is InChI=1S/C19H18F3N7O/c20-19(21,22)30-13-3-1-12(2-4-13)25-18-24-11-16-14(7-9-28(16)27-18)15-5-6-17-23-8-10-29(17)26-15/h5-13H,1-4H2,(H,25,27)/t12-,13+. The third kappa shape index (κ3) is 3.80. The van der Waals surface area contributed by atoms with Gasteiger partial charge in [0.25, 0.3) is 0 Å². The summed E-state index contributed by atoms with van der Waals surface area (Å²) in [4.78, 5) is 8.58. The molecule has 1 aliphatic rings. The van der Waals surface area contributed by atoms with E-state index in [0.29, 0.717) is 31.6 Å². The molecule has 0 amide bonds. The molecule has 4 heterocycles. The van der Waals surface area contributed by atoms with Crippen molar-refractivity contribution in [3.8, 4) is 11.3 Å². The highest BCUT2D eigenvalue weighted by molar-refractivity contribution is 5.78. The van der Waals surface area contributed by atoms with E-state index < -0.39 is 12.5 Å². The van der Waals surface area contributed by atoms with Crippen molar-refractivity contribution >= 4 is 17.1 Å². The van der Waals surface area contributed by atoms with Gasteiger partial charge >= 0.3 is 6.36 Å². The number of hydrogen-bond donors (Lipinski definition) is 1. The van der Waals surface area contributed by atoms with Crippen molar-refractivity contribution in [1.29, 1.82) is 0 Å². The van der Waals surface area contributed by atoms with Crippen LogP contribution in [0.15, 0.2) is 43.0 Å². The number of nitrogens with one attached hydrogen (secondary N) is 1. The maximum atomic E-state index is 12.3. The van der Waals surface area contributed by atoms with Gasteiger partial charge in [-0.2, -0.15) is 5.10 Å². The third-order valence-electron chi connectivity index (χ3n) is 5.26. The largest absolute Gasteiger partial charge is 0.522 e. The molecule has 0 saturated heterocycles. The molecular weight excluding hydrogens is 399 g/mol. The number of ether oxygens (including phenoxy) is 1. The highest BCUT2D eigenvalue weighted by atomic mass is 19.4. The Balaban J connectivity index is 1.29. The van der Waals surface area contributed by atoms with E-state index in [9.17, 15) is 13.2 Å². The monoisotopic (exact) mass is 417 g/mol. The van der Waals surface area contributed by atoms with Gasteiger partial charge in [0.2, 0.25) is 5.95 Å². The van der Waals surface area contributed by atoms with Gasteiger partial charge in [-0.1, -0.05) is 0 Å². The summed E-state index contributed by atoms with van der Waals surface area (Å²) < 4.78 is 44.6. The molecule has 1 aliphatic carbocycles. The van der Waals surface area contributed by atoms with E-state index in [1.807, 2.05) is 24.4 Å². The molecule has 0 aromatic carbocycles. The van der Waals surface area contributed by atoms with Crippen LogP contribution in [-0.4, -0.2) is 47.7 Å². The lowest BCUT2D eigenvalue weighted by molar-refractivity contribution is -0.345. The molecule has 11 heteroatoms. The Morgan fingerprint density at radius 2 is 1.80 bits per heavy atom. The Morgan fingerprint density at radius 3 is 2.60 bits per heavy atom.